The van der Waals surface area contributed by atoms with Crippen LogP contribution in [0.5, 0.6) is 0 Å². The Morgan fingerprint density at radius 2 is 1.82 bits per heavy atom. The van der Waals surface area contributed by atoms with Gasteiger partial charge in [-0.2, -0.15) is 9.78 Å². The molecular weight excluding hydrogens is 544 g/mol. The van der Waals surface area contributed by atoms with Gasteiger partial charge in [-0.05, 0) is 18.6 Å². The number of rotatable bonds is 15. The molecule has 2 rings (SSSR count). The molecule has 0 radical (unpaired) electrons. The standard InChI is InChI=1S/C21H28N6O9S2/c1-26-12-24-27(21(26)34)17(11-38(35,36)13-5-3-2-4-6-13)37-10-15(19(31)23-9-18(29)30)25-16(28)8-7-14(22)20(32)33/h2-6,12,14-15,17H,7-11,22H2,1H3,(H,23,31)(H,25,28)(H,29,30)(H,32,33)/t14-,15-,17?/m0/s1. The van der Waals surface area contributed by atoms with Gasteiger partial charge < -0.3 is 26.6 Å². The maximum atomic E-state index is 13.0. The lowest BCUT2D eigenvalue weighted by Gasteiger charge is -2.22. The first kappa shape index (κ1) is 30.5. The minimum Gasteiger partial charge on any atom is -0.480 e. The van der Waals surface area contributed by atoms with Gasteiger partial charge in [0.1, 0.15) is 30.3 Å². The Hall–Kier alpha value is -3.70. The van der Waals surface area contributed by atoms with Crippen LogP contribution in [0.1, 0.15) is 18.2 Å². The highest BCUT2D eigenvalue weighted by Gasteiger charge is 2.29. The quantitative estimate of drug-likeness (QED) is 0.158. The maximum absolute atomic E-state index is 13.0. The number of aryl methyl sites for hydroxylation is 1. The number of carboxylic acids is 2. The number of carbonyl (C=O) groups is 4. The normalized spacial score (nSPS) is 13.7. The maximum Gasteiger partial charge on any atom is 0.346 e. The Bertz CT molecular complexity index is 1310. The molecule has 0 fully saturated rings. The number of nitrogens with one attached hydrogen (secondary N) is 2. The largest absolute Gasteiger partial charge is 0.480 e. The molecule has 3 atom stereocenters. The van der Waals surface area contributed by atoms with E-state index in [9.17, 15) is 32.4 Å². The average molecular weight is 573 g/mol. The van der Waals surface area contributed by atoms with Crippen LogP contribution in [0.2, 0.25) is 0 Å². The van der Waals surface area contributed by atoms with Gasteiger partial charge in [0.05, 0.1) is 10.6 Å². The fraction of sp³-hybridized carbons (Fsp3) is 0.429. The summed E-state index contributed by atoms with van der Waals surface area (Å²) in [7, 11) is -2.50. The van der Waals surface area contributed by atoms with Gasteiger partial charge >= 0.3 is 17.6 Å². The molecule has 2 amide bonds. The van der Waals surface area contributed by atoms with Crippen molar-refractivity contribution >= 4 is 45.4 Å². The van der Waals surface area contributed by atoms with E-state index < -0.39 is 69.0 Å². The summed E-state index contributed by atoms with van der Waals surface area (Å²) < 4.78 is 28.1. The van der Waals surface area contributed by atoms with Crippen molar-refractivity contribution in [2.75, 3.05) is 18.1 Å². The third-order valence-corrected chi connectivity index (χ3v) is 8.34. The smallest absolute Gasteiger partial charge is 0.346 e. The molecule has 15 nitrogen and oxygen atoms in total. The minimum absolute atomic E-state index is 0.00778. The van der Waals surface area contributed by atoms with E-state index in [0.29, 0.717) is 0 Å². The van der Waals surface area contributed by atoms with E-state index in [0.717, 1.165) is 21.0 Å². The highest BCUT2D eigenvalue weighted by molar-refractivity contribution is 8.00. The number of amides is 2. The van der Waals surface area contributed by atoms with Crippen LogP contribution in [0.25, 0.3) is 0 Å². The van der Waals surface area contributed by atoms with Crippen LogP contribution in [-0.4, -0.2) is 86.9 Å². The summed E-state index contributed by atoms with van der Waals surface area (Å²) in [5.74, 6) is -5.12. The zero-order chi connectivity index (χ0) is 28.5. The van der Waals surface area contributed by atoms with Crippen LogP contribution < -0.4 is 22.1 Å². The summed E-state index contributed by atoms with van der Waals surface area (Å²) in [5, 5.41) is 25.1. The summed E-state index contributed by atoms with van der Waals surface area (Å²) in [6.45, 7) is -0.745. The molecule has 0 spiro atoms. The van der Waals surface area contributed by atoms with Crippen molar-refractivity contribution in [2.24, 2.45) is 12.8 Å². The van der Waals surface area contributed by atoms with Crippen molar-refractivity contribution in [3.63, 3.8) is 0 Å². The highest BCUT2D eigenvalue weighted by atomic mass is 32.2. The average Bonchev–Trinajstić information content (AvgIpc) is 3.20. The number of benzene rings is 1. The molecule has 6 N–H and O–H groups in total. The molecule has 0 saturated heterocycles. The molecular formula is C21H28N6O9S2. The van der Waals surface area contributed by atoms with Crippen molar-refractivity contribution in [2.45, 2.75) is 35.2 Å². The molecule has 2 aromatic rings. The number of carbonyl (C=O) groups excluding carboxylic acids is 2. The second-order valence-electron chi connectivity index (χ2n) is 8.07. The number of aromatic nitrogens is 3. The van der Waals surface area contributed by atoms with Crippen molar-refractivity contribution < 1.29 is 37.8 Å². The van der Waals surface area contributed by atoms with Crippen LogP contribution in [0, 0.1) is 0 Å². The van der Waals surface area contributed by atoms with E-state index in [2.05, 4.69) is 15.7 Å². The Morgan fingerprint density at radius 1 is 1.16 bits per heavy atom. The minimum atomic E-state index is -3.92. The van der Waals surface area contributed by atoms with Gasteiger partial charge in [-0.25, -0.2) is 13.2 Å². The molecule has 0 aliphatic rings. The molecule has 0 saturated carbocycles. The zero-order valence-electron chi connectivity index (χ0n) is 20.2. The number of carboxylic acid groups (broad SMARTS) is 2. The van der Waals surface area contributed by atoms with Gasteiger partial charge in [0.2, 0.25) is 11.8 Å². The number of hydrogen-bond donors (Lipinski definition) is 5. The molecule has 1 aromatic carbocycles. The zero-order valence-corrected chi connectivity index (χ0v) is 21.9. The van der Waals surface area contributed by atoms with E-state index in [1.165, 1.54) is 37.6 Å². The molecule has 208 valence electrons. The Kier molecular flexibility index (Phi) is 11.0. The SMILES string of the molecule is Cn1cnn(C(CS(=O)(=O)c2ccccc2)SC[C@H](NC(=O)CC[C@H](N)C(=O)O)C(=O)NCC(=O)O)c1=O. The lowest BCUT2D eigenvalue weighted by Crippen LogP contribution is -2.49. The van der Waals surface area contributed by atoms with Gasteiger partial charge in [0.15, 0.2) is 9.84 Å². The first-order chi connectivity index (χ1) is 17.8. The Labute approximate surface area is 221 Å². The highest BCUT2D eigenvalue weighted by Crippen LogP contribution is 2.26. The summed E-state index contributed by atoms with van der Waals surface area (Å²) in [5.41, 5.74) is 4.77. The predicted molar refractivity (Wildman–Crippen MR) is 135 cm³/mol. The second-order valence-corrected chi connectivity index (χ2v) is 11.3. The van der Waals surface area contributed by atoms with Crippen molar-refractivity contribution in [1.82, 2.24) is 25.0 Å². The number of hydrogen-bond acceptors (Lipinski definition) is 10. The number of nitrogens with two attached hydrogens (primary N) is 1. The lowest BCUT2D eigenvalue weighted by molar-refractivity contribution is -0.139. The molecule has 0 aliphatic carbocycles. The van der Waals surface area contributed by atoms with Crippen LogP contribution in [0.3, 0.4) is 0 Å². The fourth-order valence-corrected chi connectivity index (χ4v) is 6.18. The van der Waals surface area contributed by atoms with Gasteiger partial charge in [-0.3, -0.25) is 23.7 Å². The van der Waals surface area contributed by atoms with Gasteiger partial charge in [-0.15, -0.1) is 11.8 Å². The van der Waals surface area contributed by atoms with Crippen LogP contribution in [0.15, 0.2) is 46.3 Å². The van der Waals surface area contributed by atoms with Crippen LogP contribution >= 0.6 is 11.8 Å². The Morgan fingerprint density at radius 3 is 2.37 bits per heavy atom. The van der Waals surface area contributed by atoms with Gasteiger partial charge in [0, 0.05) is 19.2 Å². The van der Waals surface area contributed by atoms with E-state index >= 15 is 0 Å². The third kappa shape index (κ3) is 9.00. The summed E-state index contributed by atoms with van der Waals surface area (Å²) >= 11 is 0.832. The van der Waals surface area contributed by atoms with E-state index in [4.69, 9.17) is 15.9 Å². The summed E-state index contributed by atoms with van der Waals surface area (Å²) in [4.78, 5) is 59.3. The van der Waals surface area contributed by atoms with Crippen molar-refractivity contribution in [3.05, 3.63) is 47.1 Å². The monoisotopic (exact) mass is 572 g/mol. The van der Waals surface area contributed by atoms with Crippen molar-refractivity contribution in [3.8, 4) is 0 Å². The summed E-state index contributed by atoms with van der Waals surface area (Å²) in [6, 6.07) is 4.84. The van der Waals surface area contributed by atoms with E-state index in [-0.39, 0.29) is 23.5 Å². The number of thioether (sulfide) groups is 1. The molecule has 38 heavy (non-hydrogen) atoms. The topological polar surface area (TPSA) is 233 Å². The Balaban J connectivity index is 2.26. The first-order valence-corrected chi connectivity index (χ1v) is 13.8. The van der Waals surface area contributed by atoms with Crippen molar-refractivity contribution in [1.29, 1.82) is 0 Å². The van der Waals surface area contributed by atoms with Gasteiger partial charge in [0.25, 0.3) is 0 Å². The lowest BCUT2D eigenvalue weighted by atomic mass is 10.1. The molecule has 17 heteroatoms. The molecule has 0 aliphatic heterocycles. The number of sulfone groups is 1. The molecule has 1 unspecified atom stereocenters. The predicted octanol–water partition coefficient (Wildman–Crippen LogP) is -1.83. The summed E-state index contributed by atoms with van der Waals surface area (Å²) in [6.07, 6.45) is 0.626. The fourth-order valence-electron chi connectivity index (χ4n) is 3.04. The molecule has 1 heterocycles. The first-order valence-electron chi connectivity index (χ1n) is 11.1. The number of nitrogens with zero attached hydrogens (tertiary/aromatic N) is 3. The molecule has 0 bridgehead atoms. The van der Waals surface area contributed by atoms with Crippen LogP contribution in [-0.2, 0) is 36.1 Å². The van der Waals surface area contributed by atoms with E-state index in [1.807, 2.05) is 0 Å². The molecule has 1 aromatic heterocycles. The van der Waals surface area contributed by atoms with Gasteiger partial charge in [-0.1, -0.05) is 18.2 Å². The second kappa shape index (κ2) is 13.7. The van der Waals surface area contributed by atoms with E-state index in [1.54, 1.807) is 6.07 Å². The van der Waals surface area contributed by atoms with Crippen LogP contribution in [0.4, 0.5) is 0 Å². The third-order valence-electron chi connectivity index (χ3n) is 5.10. The number of aliphatic carboxylic acids is 2.